The van der Waals surface area contributed by atoms with E-state index in [4.69, 9.17) is 9.47 Å². The molecule has 0 aromatic heterocycles. The first-order valence-corrected chi connectivity index (χ1v) is 18.5. The van der Waals surface area contributed by atoms with E-state index in [1.165, 1.54) is 26.2 Å². The molecule has 3 N–H and O–H groups in total. The van der Waals surface area contributed by atoms with E-state index in [0.29, 0.717) is 25.0 Å². The van der Waals surface area contributed by atoms with Crippen LogP contribution < -0.4 is 10.6 Å². The molecule has 2 amide bonds. The molecule has 3 aromatic rings. The molecule has 1 aliphatic carbocycles. The number of ether oxygens (including phenoxy) is 2. The number of nitrogens with zero attached hydrogens (tertiary/aromatic N) is 1. The second kappa shape index (κ2) is 15.8. The number of amides is 2. The average Bonchev–Trinajstić information content (AvgIpc) is 3.11. The Morgan fingerprint density at radius 2 is 1.58 bits per heavy atom. The normalized spacial score (nSPS) is 27.3. The molecule has 3 aliphatic rings. The van der Waals surface area contributed by atoms with Crippen molar-refractivity contribution in [3.8, 4) is 11.1 Å². The Bertz CT molecular complexity index is 1600. The molecule has 0 radical (unpaired) electrons. The van der Waals surface area contributed by atoms with Crippen LogP contribution in [0.1, 0.15) is 108 Å². The van der Waals surface area contributed by atoms with Crippen molar-refractivity contribution in [2.45, 2.75) is 122 Å². The van der Waals surface area contributed by atoms with E-state index >= 15 is 0 Å². The van der Waals surface area contributed by atoms with Crippen molar-refractivity contribution in [2.75, 3.05) is 6.54 Å². The third kappa shape index (κ3) is 8.65. The fourth-order valence-corrected chi connectivity index (χ4v) is 8.18. The Labute approximate surface area is 297 Å². The van der Waals surface area contributed by atoms with Gasteiger partial charge in [-0.15, -0.1) is 0 Å². The topological polar surface area (TPSA) is 100 Å². The van der Waals surface area contributed by atoms with Gasteiger partial charge in [0, 0.05) is 43.1 Å². The molecule has 7 unspecified atom stereocenters. The fraction of sp³-hybridized carbons (Fsp3) is 0.524. The number of hydrogen-bond donors (Lipinski definition) is 3. The van der Waals surface area contributed by atoms with Crippen LogP contribution in [-0.4, -0.2) is 52.1 Å². The van der Waals surface area contributed by atoms with Crippen LogP contribution in [-0.2, 0) is 32.2 Å². The van der Waals surface area contributed by atoms with Gasteiger partial charge in [0.15, 0.2) is 6.29 Å². The predicted octanol–water partition coefficient (Wildman–Crippen LogP) is 7.21. The minimum atomic E-state index is -0.590. The van der Waals surface area contributed by atoms with Crippen LogP contribution >= 0.6 is 0 Å². The maximum absolute atomic E-state index is 13.8. The first kappa shape index (κ1) is 36.2. The van der Waals surface area contributed by atoms with E-state index in [-0.39, 0.29) is 48.1 Å². The van der Waals surface area contributed by atoms with Gasteiger partial charge in [0.1, 0.15) is 0 Å². The minimum Gasteiger partial charge on any atom is -0.392 e. The quantitative estimate of drug-likeness (QED) is 0.221. The highest BCUT2D eigenvalue weighted by atomic mass is 16.7. The molecule has 3 fully saturated rings. The number of aliphatic hydroxyl groups is 1. The van der Waals surface area contributed by atoms with Gasteiger partial charge in [-0.25, -0.2) is 0 Å². The zero-order valence-electron chi connectivity index (χ0n) is 30.4. The summed E-state index contributed by atoms with van der Waals surface area (Å²) >= 11 is 0. The number of likely N-dealkylation sites (tertiary alicyclic amines) is 1. The van der Waals surface area contributed by atoms with Gasteiger partial charge in [0.2, 0.25) is 11.8 Å². The van der Waals surface area contributed by atoms with Crippen LogP contribution in [0.4, 0.5) is 0 Å². The van der Waals surface area contributed by atoms with Gasteiger partial charge in [-0.1, -0.05) is 86.5 Å². The predicted molar refractivity (Wildman–Crippen MR) is 196 cm³/mol. The Morgan fingerprint density at radius 1 is 0.860 bits per heavy atom. The molecule has 0 bridgehead atoms. The first-order chi connectivity index (χ1) is 24.0. The SMILES string of the molecule is CC(=O)NCc1cccc(-c2ccc(C3OC(CN4C(C(=O)NC(C)(C)C)CCC5CCCCC54)C(C)C(c4ccc(CO)cc4)O3)cc2)c1. The second-order valence-corrected chi connectivity index (χ2v) is 15.7. The monoisotopic (exact) mass is 681 g/mol. The minimum absolute atomic E-state index is 0.00620. The molecule has 3 aromatic carbocycles. The van der Waals surface area contributed by atoms with Crippen LogP contribution in [0.25, 0.3) is 11.1 Å². The number of hydrogen-bond acceptors (Lipinski definition) is 6. The summed E-state index contributed by atoms with van der Waals surface area (Å²) in [5.74, 6) is 0.697. The highest BCUT2D eigenvalue weighted by molar-refractivity contribution is 5.82. The van der Waals surface area contributed by atoms with Crippen molar-refractivity contribution in [1.82, 2.24) is 15.5 Å². The Kier molecular flexibility index (Phi) is 11.4. The van der Waals surface area contributed by atoms with Gasteiger partial charge >= 0.3 is 0 Å². The Hall–Kier alpha value is -3.56. The average molecular weight is 682 g/mol. The summed E-state index contributed by atoms with van der Waals surface area (Å²) in [5, 5.41) is 15.9. The summed E-state index contributed by atoms with van der Waals surface area (Å²) in [5.41, 5.74) is 5.74. The lowest BCUT2D eigenvalue weighted by molar-refractivity contribution is -0.278. The van der Waals surface area contributed by atoms with Crippen LogP contribution in [0, 0.1) is 11.8 Å². The van der Waals surface area contributed by atoms with Gasteiger partial charge in [-0.05, 0) is 86.3 Å². The number of rotatable bonds is 9. The number of aliphatic hydroxyl groups excluding tert-OH is 1. The van der Waals surface area contributed by atoms with Crippen LogP contribution in [0.2, 0.25) is 0 Å². The van der Waals surface area contributed by atoms with E-state index in [1.54, 1.807) is 0 Å². The maximum atomic E-state index is 13.8. The number of carbonyl (C=O) groups is 2. The maximum Gasteiger partial charge on any atom is 0.237 e. The highest BCUT2D eigenvalue weighted by Crippen LogP contribution is 2.44. The van der Waals surface area contributed by atoms with Crippen molar-refractivity contribution < 1.29 is 24.2 Å². The summed E-state index contributed by atoms with van der Waals surface area (Å²) in [7, 11) is 0. The molecule has 2 heterocycles. The molecular formula is C42H55N3O5. The van der Waals surface area contributed by atoms with E-state index < -0.39 is 6.29 Å². The van der Waals surface area contributed by atoms with Gasteiger partial charge in [0.25, 0.3) is 0 Å². The van der Waals surface area contributed by atoms with E-state index in [2.05, 4.69) is 91.8 Å². The molecule has 50 heavy (non-hydrogen) atoms. The molecule has 8 nitrogen and oxygen atoms in total. The molecule has 2 saturated heterocycles. The zero-order valence-corrected chi connectivity index (χ0v) is 30.4. The molecular weight excluding hydrogens is 626 g/mol. The largest absolute Gasteiger partial charge is 0.392 e. The van der Waals surface area contributed by atoms with Gasteiger partial charge in [-0.2, -0.15) is 0 Å². The van der Waals surface area contributed by atoms with E-state index in [0.717, 1.165) is 52.6 Å². The lowest BCUT2D eigenvalue weighted by Gasteiger charge is -2.51. The second-order valence-electron chi connectivity index (χ2n) is 15.7. The molecule has 2 aliphatic heterocycles. The summed E-state index contributed by atoms with van der Waals surface area (Å²) in [6, 6.07) is 24.8. The number of fused-ring (bicyclic) bond motifs is 1. The number of carbonyl (C=O) groups excluding carboxylic acids is 2. The Morgan fingerprint density at radius 3 is 2.28 bits per heavy atom. The van der Waals surface area contributed by atoms with Gasteiger partial charge in [0.05, 0.1) is 24.9 Å². The summed E-state index contributed by atoms with van der Waals surface area (Å²) in [6.07, 6.45) is 5.77. The summed E-state index contributed by atoms with van der Waals surface area (Å²) in [6.45, 7) is 11.0. The molecule has 7 atom stereocenters. The van der Waals surface area contributed by atoms with E-state index in [9.17, 15) is 14.7 Å². The van der Waals surface area contributed by atoms with Crippen molar-refractivity contribution >= 4 is 11.8 Å². The lowest BCUT2D eigenvalue weighted by Crippen LogP contribution is -2.61. The molecule has 8 heteroatoms. The third-order valence-electron chi connectivity index (χ3n) is 10.8. The number of benzene rings is 3. The van der Waals surface area contributed by atoms with Crippen molar-refractivity contribution in [3.63, 3.8) is 0 Å². The fourth-order valence-electron chi connectivity index (χ4n) is 8.18. The van der Waals surface area contributed by atoms with Crippen molar-refractivity contribution in [1.29, 1.82) is 0 Å². The zero-order chi connectivity index (χ0) is 35.4. The summed E-state index contributed by atoms with van der Waals surface area (Å²) < 4.78 is 13.7. The van der Waals surface area contributed by atoms with Crippen LogP contribution in [0.3, 0.4) is 0 Å². The van der Waals surface area contributed by atoms with Crippen molar-refractivity contribution in [3.05, 3.63) is 95.1 Å². The first-order valence-electron chi connectivity index (χ1n) is 18.5. The van der Waals surface area contributed by atoms with Gasteiger partial charge in [-0.3, -0.25) is 14.5 Å². The standard InChI is InChI=1S/C42H55N3O5/c1-27-38(25-45-36-12-7-6-10-32(36)21-22-37(45)40(48)44-42(3,4)5)49-41(50-39(27)33-15-13-29(26-46)14-16-33)34-19-17-31(18-20-34)35-11-8-9-30(23-35)24-43-28(2)47/h8-9,11,13-20,23,27,32,36-39,41,46H,6-7,10,12,21-22,24-26H2,1-5H3,(H,43,47)(H,44,48). The highest BCUT2D eigenvalue weighted by Gasteiger charge is 2.46. The van der Waals surface area contributed by atoms with Crippen molar-refractivity contribution in [2.24, 2.45) is 11.8 Å². The third-order valence-corrected chi connectivity index (χ3v) is 10.8. The molecule has 268 valence electrons. The van der Waals surface area contributed by atoms with Crippen LogP contribution in [0.15, 0.2) is 72.8 Å². The molecule has 1 saturated carbocycles. The van der Waals surface area contributed by atoms with E-state index in [1.807, 2.05) is 24.3 Å². The Balaban J connectivity index is 1.29. The lowest BCUT2D eigenvalue weighted by atomic mass is 9.75. The van der Waals surface area contributed by atoms with Crippen LogP contribution in [0.5, 0.6) is 0 Å². The van der Waals surface area contributed by atoms with Gasteiger partial charge < -0.3 is 25.2 Å². The smallest absolute Gasteiger partial charge is 0.237 e. The molecule has 6 rings (SSSR count). The molecule has 0 spiro atoms. The number of piperidine rings is 1. The summed E-state index contributed by atoms with van der Waals surface area (Å²) in [4.78, 5) is 27.8. The number of nitrogens with one attached hydrogen (secondary N) is 2.